The molecule has 0 spiro atoms. The van der Waals surface area contributed by atoms with Gasteiger partial charge >= 0.3 is 0 Å². The number of hydrogen-bond donors (Lipinski definition) is 0. The van der Waals surface area contributed by atoms with Crippen LogP contribution in [0, 0.1) is 5.92 Å². The second-order valence-electron chi connectivity index (χ2n) is 9.31. The molecular weight excluding hydrogens is 446 g/mol. The van der Waals surface area contributed by atoms with E-state index in [1.807, 2.05) is 32.0 Å². The summed E-state index contributed by atoms with van der Waals surface area (Å²) in [5.74, 6) is 0.465. The summed E-state index contributed by atoms with van der Waals surface area (Å²) in [7, 11) is -3.08. The molecule has 1 aliphatic carbocycles. The summed E-state index contributed by atoms with van der Waals surface area (Å²) in [6.07, 6.45) is 4.56. The number of hydrogen-bond acceptors (Lipinski definition) is 6. The van der Waals surface area contributed by atoms with Crippen LogP contribution in [-0.4, -0.2) is 58.6 Å². The smallest absolute Gasteiger partial charge is 0.262 e. The minimum atomic E-state index is -3.08. The number of fused-ring (bicyclic) bond motifs is 1. The molecule has 174 valence electrons. The van der Waals surface area contributed by atoms with E-state index in [1.54, 1.807) is 15.5 Å². The van der Waals surface area contributed by atoms with E-state index in [0.717, 1.165) is 25.7 Å². The zero-order valence-corrected chi connectivity index (χ0v) is 20.3. The maximum absolute atomic E-state index is 13.3. The molecule has 0 N–H and O–H groups in total. The number of rotatable bonds is 7. The highest BCUT2D eigenvalue weighted by molar-refractivity contribution is 7.99. The maximum atomic E-state index is 13.3. The highest BCUT2D eigenvalue weighted by Crippen LogP contribution is 2.32. The van der Waals surface area contributed by atoms with Gasteiger partial charge in [-0.3, -0.25) is 14.2 Å². The van der Waals surface area contributed by atoms with Gasteiger partial charge in [0.1, 0.15) is 0 Å². The third kappa shape index (κ3) is 5.03. The van der Waals surface area contributed by atoms with Crippen molar-refractivity contribution in [2.75, 3.05) is 23.8 Å². The van der Waals surface area contributed by atoms with Crippen LogP contribution in [0.2, 0.25) is 0 Å². The molecule has 0 bridgehead atoms. The van der Waals surface area contributed by atoms with Gasteiger partial charge in [-0.2, -0.15) is 0 Å². The molecular formula is C23H31N3O4S2. The quantitative estimate of drug-likeness (QED) is 0.449. The SMILES string of the molecule is CC(C)CN(C(=O)CSc1nc2ccccc2c(=O)n1C1CCCC1)[C@H]1CCS(=O)(=O)C1. The Morgan fingerprint density at radius 1 is 1.22 bits per heavy atom. The van der Waals surface area contributed by atoms with E-state index in [9.17, 15) is 18.0 Å². The standard InChI is InChI=1S/C23H31N3O4S2/c1-16(2)13-25(18-11-12-32(29,30)15-18)21(27)14-31-23-24-20-10-6-5-9-19(20)22(28)26(23)17-7-3-4-8-17/h5-6,9-10,16-18H,3-4,7-8,11-15H2,1-2H3/t18-/m0/s1. The first kappa shape index (κ1) is 23.3. The Morgan fingerprint density at radius 2 is 1.94 bits per heavy atom. The van der Waals surface area contributed by atoms with Gasteiger partial charge in [0.25, 0.3) is 5.56 Å². The predicted octanol–water partition coefficient (Wildman–Crippen LogP) is 3.28. The van der Waals surface area contributed by atoms with Crippen molar-refractivity contribution in [1.29, 1.82) is 0 Å². The van der Waals surface area contributed by atoms with Crippen LogP contribution in [0.3, 0.4) is 0 Å². The fraction of sp³-hybridized carbons (Fsp3) is 0.609. The van der Waals surface area contributed by atoms with Gasteiger partial charge in [-0.15, -0.1) is 0 Å². The van der Waals surface area contributed by atoms with Crippen molar-refractivity contribution >= 4 is 38.4 Å². The number of benzene rings is 1. The van der Waals surface area contributed by atoms with Gasteiger partial charge in [-0.25, -0.2) is 13.4 Å². The molecule has 7 nitrogen and oxygen atoms in total. The number of nitrogens with zero attached hydrogens (tertiary/aromatic N) is 3. The summed E-state index contributed by atoms with van der Waals surface area (Å²) in [6, 6.07) is 7.19. The number of amides is 1. The third-order valence-corrected chi connectivity index (χ3v) is 9.01. The summed E-state index contributed by atoms with van der Waals surface area (Å²) in [5.41, 5.74) is 0.598. The van der Waals surface area contributed by atoms with Crippen molar-refractivity contribution in [3.05, 3.63) is 34.6 Å². The molecule has 1 aromatic carbocycles. The number of aromatic nitrogens is 2. The van der Waals surface area contributed by atoms with Gasteiger partial charge in [0, 0.05) is 18.6 Å². The fourth-order valence-electron chi connectivity index (χ4n) is 4.79. The van der Waals surface area contributed by atoms with Crippen LogP contribution in [0.4, 0.5) is 0 Å². The first-order chi connectivity index (χ1) is 15.2. The van der Waals surface area contributed by atoms with Crippen molar-refractivity contribution in [3.8, 4) is 0 Å². The molecule has 32 heavy (non-hydrogen) atoms. The molecule has 2 heterocycles. The Balaban J connectivity index is 1.60. The average Bonchev–Trinajstić information content (AvgIpc) is 3.39. The second kappa shape index (κ2) is 9.55. The first-order valence-electron chi connectivity index (χ1n) is 11.4. The van der Waals surface area contributed by atoms with E-state index in [4.69, 9.17) is 4.98 Å². The number of thioether (sulfide) groups is 1. The highest BCUT2D eigenvalue weighted by atomic mass is 32.2. The van der Waals surface area contributed by atoms with E-state index in [-0.39, 0.29) is 46.7 Å². The van der Waals surface area contributed by atoms with Crippen LogP contribution in [0.1, 0.15) is 52.0 Å². The summed E-state index contributed by atoms with van der Waals surface area (Å²) in [4.78, 5) is 33.0. The fourth-order valence-corrected chi connectivity index (χ4v) is 7.47. The topological polar surface area (TPSA) is 89.3 Å². The number of para-hydroxylation sites is 1. The third-order valence-electron chi connectivity index (χ3n) is 6.32. The van der Waals surface area contributed by atoms with Gasteiger partial charge in [0.05, 0.1) is 28.2 Å². The molecule has 9 heteroatoms. The summed E-state index contributed by atoms with van der Waals surface area (Å²) >= 11 is 1.30. The number of carbonyl (C=O) groups excluding carboxylic acids is 1. The molecule has 1 atom stereocenters. The van der Waals surface area contributed by atoms with Crippen molar-refractivity contribution in [3.63, 3.8) is 0 Å². The molecule has 1 aromatic heterocycles. The van der Waals surface area contributed by atoms with E-state index < -0.39 is 9.84 Å². The van der Waals surface area contributed by atoms with Gasteiger partial charge in [0.15, 0.2) is 15.0 Å². The minimum Gasteiger partial charge on any atom is -0.338 e. The molecule has 4 rings (SSSR count). The van der Waals surface area contributed by atoms with Crippen molar-refractivity contribution in [2.45, 2.75) is 63.2 Å². The van der Waals surface area contributed by atoms with Crippen LogP contribution >= 0.6 is 11.8 Å². The Kier molecular flexibility index (Phi) is 6.95. The zero-order valence-electron chi connectivity index (χ0n) is 18.7. The Bertz CT molecular complexity index is 1150. The summed E-state index contributed by atoms with van der Waals surface area (Å²) < 4.78 is 25.8. The van der Waals surface area contributed by atoms with Gasteiger partial charge < -0.3 is 4.90 Å². The van der Waals surface area contributed by atoms with E-state index in [2.05, 4.69) is 0 Å². The molecule has 1 amide bonds. The molecule has 1 saturated carbocycles. The molecule has 1 aliphatic heterocycles. The van der Waals surface area contributed by atoms with Crippen LogP contribution in [0.25, 0.3) is 10.9 Å². The van der Waals surface area contributed by atoms with Gasteiger partial charge in [-0.05, 0) is 37.3 Å². The molecule has 1 saturated heterocycles. The zero-order chi connectivity index (χ0) is 22.9. The van der Waals surface area contributed by atoms with Crippen molar-refractivity contribution in [2.24, 2.45) is 5.92 Å². The Hall–Kier alpha value is -1.87. The molecule has 2 fully saturated rings. The van der Waals surface area contributed by atoms with Crippen molar-refractivity contribution < 1.29 is 13.2 Å². The van der Waals surface area contributed by atoms with Crippen molar-refractivity contribution in [1.82, 2.24) is 14.5 Å². The highest BCUT2D eigenvalue weighted by Gasteiger charge is 2.35. The monoisotopic (exact) mass is 477 g/mol. The van der Waals surface area contributed by atoms with E-state index in [1.165, 1.54) is 11.8 Å². The molecule has 0 radical (unpaired) electrons. The lowest BCUT2D eigenvalue weighted by atomic mass is 10.1. The normalized spacial score (nSPS) is 20.9. The predicted molar refractivity (Wildman–Crippen MR) is 128 cm³/mol. The van der Waals surface area contributed by atoms with Gasteiger partial charge in [0.2, 0.25) is 5.91 Å². The van der Waals surface area contributed by atoms with E-state index >= 15 is 0 Å². The average molecular weight is 478 g/mol. The van der Waals surface area contributed by atoms with Crippen LogP contribution < -0.4 is 5.56 Å². The molecule has 2 aliphatic rings. The summed E-state index contributed by atoms with van der Waals surface area (Å²) in [6.45, 7) is 4.58. The number of carbonyl (C=O) groups is 1. The second-order valence-corrected chi connectivity index (χ2v) is 12.5. The molecule has 0 unspecified atom stereocenters. The lowest BCUT2D eigenvalue weighted by Crippen LogP contribution is -2.44. The Morgan fingerprint density at radius 3 is 2.59 bits per heavy atom. The minimum absolute atomic E-state index is 0.0388. The first-order valence-corrected chi connectivity index (χ1v) is 14.2. The summed E-state index contributed by atoms with van der Waals surface area (Å²) in [5, 5.41) is 1.19. The van der Waals surface area contributed by atoms with Crippen LogP contribution in [0.15, 0.2) is 34.2 Å². The molecule has 2 aromatic rings. The van der Waals surface area contributed by atoms with Crippen LogP contribution in [-0.2, 0) is 14.6 Å². The van der Waals surface area contributed by atoms with Crippen LogP contribution in [0.5, 0.6) is 0 Å². The lowest BCUT2D eigenvalue weighted by molar-refractivity contribution is -0.130. The maximum Gasteiger partial charge on any atom is 0.262 e. The van der Waals surface area contributed by atoms with E-state index in [0.29, 0.717) is 29.0 Å². The lowest BCUT2D eigenvalue weighted by Gasteiger charge is -2.30. The van der Waals surface area contributed by atoms with Gasteiger partial charge in [-0.1, -0.05) is 50.6 Å². The largest absolute Gasteiger partial charge is 0.338 e. The Labute approximate surface area is 193 Å². The number of sulfone groups is 1.